The van der Waals surface area contributed by atoms with Gasteiger partial charge in [0, 0.05) is 25.9 Å². The predicted molar refractivity (Wildman–Crippen MR) is 105 cm³/mol. The minimum Gasteiger partial charge on any atom is -0.380 e. The fraction of sp³-hybridized carbons (Fsp3) is 0.350. The summed E-state index contributed by atoms with van der Waals surface area (Å²) in [7, 11) is 0. The van der Waals surface area contributed by atoms with Gasteiger partial charge >= 0.3 is 6.18 Å². The molecule has 1 amide bonds. The zero-order chi connectivity index (χ0) is 22.0. The first-order valence-corrected chi connectivity index (χ1v) is 9.64. The number of nitrogens with one attached hydrogen (secondary N) is 1. The summed E-state index contributed by atoms with van der Waals surface area (Å²) >= 11 is 0. The Bertz CT molecular complexity index is 1090. The van der Waals surface area contributed by atoms with Gasteiger partial charge in [0.2, 0.25) is 0 Å². The molecule has 3 aromatic rings. The highest BCUT2D eigenvalue weighted by Crippen LogP contribution is 2.29. The van der Waals surface area contributed by atoms with Crippen LogP contribution in [0.15, 0.2) is 36.5 Å². The average Bonchev–Trinajstić information content (AvgIpc) is 2.90. The first kappa shape index (κ1) is 21.0. The fourth-order valence-corrected chi connectivity index (χ4v) is 3.37. The summed E-state index contributed by atoms with van der Waals surface area (Å²) in [6.07, 6.45) is -2.60. The molecule has 7 nitrogen and oxygen atoms in total. The topological polar surface area (TPSA) is 72.3 Å². The van der Waals surface area contributed by atoms with Gasteiger partial charge in [0.25, 0.3) is 5.91 Å². The number of carbonyl (C=O) groups excluding carboxylic acids is 1. The lowest BCUT2D eigenvalue weighted by molar-refractivity contribution is -0.141. The Labute approximate surface area is 174 Å². The van der Waals surface area contributed by atoms with Gasteiger partial charge in [0.1, 0.15) is 18.1 Å². The van der Waals surface area contributed by atoms with Crippen LogP contribution in [0.2, 0.25) is 0 Å². The summed E-state index contributed by atoms with van der Waals surface area (Å²) in [6.45, 7) is 0.412. The van der Waals surface area contributed by atoms with Crippen molar-refractivity contribution in [3.05, 3.63) is 48.0 Å². The molecule has 0 atom stereocenters. The van der Waals surface area contributed by atoms with Crippen LogP contribution in [-0.2, 0) is 11.3 Å². The number of alkyl halides is 3. The van der Waals surface area contributed by atoms with Crippen LogP contribution in [0.5, 0.6) is 0 Å². The van der Waals surface area contributed by atoms with E-state index in [0.717, 1.165) is 4.68 Å². The molecule has 0 bridgehead atoms. The number of hydrogen-bond donors (Lipinski definition) is 1. The standard InChI is InChI=1S/C20H19F4N5O2/c21-14-4-1-2-5-15(14)26-18-13-11-25-16(19(30)28-6-3-8-31-9-7-28)10-17(13)29(27-18)12-20(22,23)24/h1-2,4-5,10-11H,3,6-9,12H2,(H,26,27). The van der Waals surface area contributed by atoms with Crippen molar-refractivity contribution >= 4 is 28.3 Å². The van der Waals surface area contributed by atoms with Gasteiger partial charge in [-0.25, -0.2) is 4.39 Å². The molecular formula is C20H19F4N5O2. The fourth-order valence-electron chi connectivity index (χ4n) is 3.37. The van der Waals surface area contributed by atoms with E-state index in [4.69, 9.17) is 4.74 Å². The number of halogens is 4. The van der Waals surface area contributed by atoms with Gasteiger partial charge < -0.3 is 15.0 Å². The lowest BCUT2D eigenvalue weighted by Gasteiger charge is -2.19. The smallest absolute Gasteiger partial charge is 0.380 e. The van der Waals surface area contributed by atoms with Gasteiger partial charge in [-0.05, 0) is 24.6 Å². The quantitative estimate of drug-likeness (QED) is 0.630. The normalized spacial score (nSPS) is 15.2. The Kier molecular flexibility index (Phi) is 5.77. The Morgan fingerprint density at radius 2 is 2.00 bits per heavy atom. The van der Waals surface area contributed by atoms with Crippen molar-refractivity contribution in [1.82, 2.24) is 19.7 Å². The molecule has 2 aromatic heterocycles. The van der Waals surface area contributed by atoms with E-state index in [0.29, 0.717) is 32.7 Å². The number of rotatable bonds is 4. The number of aromatic nitrogens is 3. The van der Waals surface area contributed by atoms with Crippen molar-refractivity contribution < 1.29 is 27.1 Å². The molecule has 1 fully saturated rings. The molecule has 31 heavy (non-hydrogen) atoms. The van der Waals surface area contributed by atoms with Crippen molar-refractivity contribution in [3.8, 4) is 0 Å². The molecule has 11 heteroatoms. The maximum absolute atomic E-state index is 14.0. The number of carbonyl (C=O) groups is 1. The third kappa shape index (κ3) is 4.76. The van der Waals surface area contributed by atoms with E-state index in [1.807, 2.05) is 0 Å². The highest BCUT2D eigenvalue weighted by atomic mass is 19.4. The number of fused-ring (bicyclic) bond motifs is 1. The number of ether oxygens (including phenoxy) is 1. The summed E-state index contributed by atoms with van der Waals surface area (Å²) in [5.41, 5.74) is 0.140. The van der Waals surface area contributed by atoms with Crippen molar-refractivity contribution in [2.45, 2.75) is 19.1 Å². The summed E-state index contributed by atoms with van der Waals surface area (Å²) in [5, 5.41) is 6.93. The van der Waals surface area contributed by atoms with Crippen LogP contribution in [0.1, 0.15) is 16.9 Å². The molecule has 0 aliphatic carbocycles. The molecule has 0 radical (unpaired) electrons. The van der Waals surface area contributed by atoms with Crippen LogP contribution < -0.4 is 5.32 Å². The summed E-state index contributed by atoms with van der Waals surface area (Å²) in [6, 6.07) is 7.02. The van der Waals surface area contributed by atoms with Crippen LogP contribution in [-0.4, -0.2) is 58.1 Å². The van der Waals surface area contributed by atoms with E-state index >= 15 is 0 Å². The molecule has 1 aliphatic heterocycles. The second kappa shape index (κ2) is 8.50. The minimum atomic E-state index is -4.54. The van der Waals surface area contributed by atoms with E-state index < -0.39 is 24.4 Å². The molecular weight excluding hydrogens is 418 g/mol. The number of benzene rings is 1. The highest BCUT2D eigenvalue weighted by molar-refractivity contribution is 5.98. The molecule has 1 aliphatic rings. The summed E-state index contributed by atoms with van der Waals surface area (Å²) < 4.78 is 59.4. The van der Waals surface area contributed by atoms with Crippen molar-refractivity contribution in [2.75, 3.05) is 31.6 Å². The number of pyridine rings is 1. The molecule has 1 N–H and O–H groups in total. The highest BCUT2D eigenvalue weighted by Gasteiger charge is 2.30. The molecule has 0 saturated carbocycles. The van der Waals surface area contributed by atoms with Crippen LogP contribution in [0, 0.1) is 5.82 Å². The Hall–Kier alpha value is -3.21. The molecule has 1 aromatic carbocycles. The van der Waals surface area contributed by atoms with Crippen molar-refractivity contribution in [3.63, 3.8) is 0 Å². The molecule has 3 heterocycles. The minimum absolute atomic E-state index is 0.00941. The van der Waals surface area contributed by atoms with E-state index in [1.54, 1.807) is 11.0 Å². The van der Waals surface area contributed by atoms with Crippen LogP contribution in [0.25, 0.3) is 10.9 Å². The summed E-state index contributed by atoms with van der Waals surface area (Å²) in [5.74, 6) is -0.959. The SMILES string of the molecule is O=C(c1cc2c(cn1)c(Nc1ccccc1F)nn2CC(F)(F)F)N1CCCOCC1. The first-order valence-electron chi connectivity index (χ1n) is 9.64. The lowest BCUT2D eigenvalue weighted by atomic mass is 10.2. The van der Waals surface area contributed by atoms with Crippen molar-refractivity contribution in [1.29, 1.82) is 0 Å². The number of para-hydroxylation sites is 1. The second-order valence-corrected chi connectivity index (χ2v) is 7.07. The first-order chi connectivity index (χ1) is 14.8. The third-order valence-electron chi connectivity index (χ3n) is 4.82. The number of amides is 1. The van der Waals surface area contributed by atoms with Gasteiger partial charge in [-0.3, -0.25) is 14.5 Å². The van der Waals surface area contributed by atoms with Crippen LogP contribution >= 0.6 is 0 Å². The Morgan fingerprint density at radius 3 is 2.77 bits per heavy atom. The molecule has 0 spiro atoms. The van der Waals surface area contributed by atoms with E-state index in [2.05, 4.69) is 15.4 Å². The predicted octanol–water partition coefficient (Wildman–Crippen LogP) is 3.74. The Morgan fingerprint density at radius 1 is 1.19 bits per heavy atom. The lowest BCUT2D eigenvalue weighted by Crippen LogP contribution is -2.33. The zero-order valence-corrected chi connectivity index (χ0v) is 16.3. The maximum Gasteiger partial charge on any atom is 0.408 e. The molecule has 1 saturated heterocycles. The van der Waals surface area contributed by atoms with Gasteiger partial charge in [0.15, 0.2) is 5.82 Å². The Balaban J connectivity index is 1.73. The van der Waals surface area contributed by atoms with Gasteiger partial charge in [0.05, 0.1) is 23.2 Å². The molecule has 4 rings (SSSR count). The monoisotopic (exact) mass is 437 g/mol. The van der Waals surface area contributed by atoms with E-state index in [1.165, 1.54) is 30.5 Å². The van der Waals surface area contributed by atoms with Gasteiger partial charge in [-0.15, -0.1) is 0 Å². The summed E-state index contributed by atoms with van der Waals surface area (Å²) in [4.78, 5) is 18.5. The van der Waals surface area contributed by atoms with Crippen LogP contribution in [0.3, 0.4) is 0 Å². The van der Waals surface area contributed by atoms with Gasteiger partial charge in [-0.2, -0.15) is 18.3 Å². The largest absolute Gasteiger partial charge is 0.408 e. The van der Waals surface area contributed by atoms with Crippen LogP contribution in [0.4, 0.5) is 29.1 Å². The average molecular weight is 437 g/mol. The van der Waals surface area contributed by atoms with E-state index in [-0.39, 0.29) is 28.1 Å². The second-order valence-electron chi connectivity index (χ2n) is 7.07. The number of nitrogens with zero attached hydrogens (tertiary/aromatic N) is 4. The van der Waals surface area contributed by atoms with Crippen molar-refractivity contribution in [2.24, 2.45) is 0 Å². The number of hydrogen-bond acceptors (Lipinski definition) is 5. The number of anilines is 2. The molecule has 0 unspecified atom stereocenters. The zero-order valence-electron chi connectivity index (χ0n) is 16.3. The maximum atomic E-state index is 14.0. The van der Waals surface area contributed by atoms with Gasteiger partial charge in [-0.1, -0.05) is 12.1 Å². The molecule has 164 valence electrons. The third-order valence-corrected chi connectivity index (χ3v) is 4.82. The van der Waals surface area contributed by atoms with E-state index in [9.17, 15) is 22.4 Å².